The molecule has 0 bridgehead atoms. The maximum absolute atomic E-state index is 2.40. The van der Waals surface area contributed by atoms with Crippen LogP contribution in [-0.4, -0.2) is 0 Å². The fourth-order valence-corrected chi connectivity index (χ4v) is 5.11. The van der Waals surface area contributed by atoms with Gasteiger partial charge in [-0.25, -0.2) is 0 Å². The van der Waals surface area contributed by atoms with Crippen LogP contribution in [0.25, 0.3) is 43.4 Å². The lowest BCUT2D eigenvalue weighted by Crippen LogP contribution is -2.23. The molecule has 0 nitrogen and oxygen atoms in total. The zero-order valence-electron chi connectivity index (χ0n) is 17.6. The minimum Gasteiger partial charge on any atom is -0.0683 e. The minimum absolute atomic E-state index is 0.0195. The van der Waals surface area contributed by atoms with E-state index in [1.165, 1.54) is 54.6 Å². The summed E-state index contributed by atoms with van der Waals surface area (Å²) < 4.78 is 0. The molecule has 0 heteroatoms. The van der Waals surface area contributed by atoms with Gasteiger partial charge in [0.05, 0.1) is 0 Å². The summed E-state index contributed by atoms with van der Waals surface area (Å²) in [6, 6.07) is 31.4. The predicted molar refractivity (Wildman–Crippen MR) is 128 cm³/mol. The fourth-order valence-electron chi connectivity index (χ4n) is 5.11. The van der Waals surface area contributed by atoms with Gasteiger partial charge in [0.25, 0.3) is 0 Å². The van der Waals surface area contributed by atoms with Crippen LogP contribution in [0, 0.1) is 0 Å². The average molecular weight is 375 g/mol. The van der Waals surface area contributed by atoms with Crippen molar-refractivity contribution in [1.82, 2.24) is 0 Å². The van der Waals surface area contributed by atoms with Gasteiger partial charge in [0.15, 0.2) is 0 Å². The van der Waals surface area contributed by atoms with Crippen LogP contribution in [0.2, 0.25) is 0 Å². The molecule has 0 radical (unpaired) electrons. The summed E-state index contributed by atoms with van der Waals surface area (Å²) in [4.78, 5) is 0. The predicted octanol–water partition coefficient (Wildman–Crippen LogP) is 8.48. The Morgan fingerprint density at radius 2 is 1.21 bits per heavy atom. The minimum atomic E-state index is -0.0195. The number of rotatable bonds is 0. The molecule has 5 aromatic carbocycles. The van der Waals surface area contributed by atoms with Crippen molar-refractivity contribution in [3.8, 4) is 11.1 Å². The SMILES string of the molecule is CC.CC1(C)c2ccc3ccccc3c2-c2cc3ccccc3c3cccc1c23. The van der Waals surface area contributed by atoms with Gasteiger partial charge < -0.3 is 0 Å². The van der Waals surface area contributed by atoms with E-state index in [-0.39, 0.29) is 5.41 Å². The lowest BCUT2D eigenvalue weighted by atomic mass is 9.67. The molecule has 0 saturated carbocycles. The summed E-state index contributed by atoms with van der Waals surface area (Å²) >= 11 is 0. The maximum atomic E-state index is 2.40. The van der Waals surface area contributed by atoms with Crippen molar-refractivity contribution < 1.29 is 0 Å². The van der Waals surface area contributed by atoms with E-state index >= 15 is 0 Å². The summed E-state index contributed by atoms with van der Waals surface area (Å²) in [6.07, 6.45) is 0. The van der Waals surface area contributed by atoms with Crippen LogP contribution in [0.15, 0.2) is 84.9 Å². The van der Waals surface area contributed by atoms with Gasteiger partial charge in [-0.1, -0.05) is 107 Å². The van der Waals surface area contributed by atoms with Crippen molar-refractivity contribution in [2.75, 3.05) is 0 Å². The fraction of sp³-hybridized carbons (Fsp3) is 0.172. The second-order valence-corrected chi connectivity index (χ2v) is 8.21. The molecule has 0 heterocycles. The Morgan fingerprint density at radius 3 is 2.00 bits per heavy atom. The summed E-state index contributed by atoms with van der Waals surface area (Å²) in [5.74, 6) is 0. The first-order valence-electron chi connectivity index (χ1n) is 10.6. The van der Waals surface area contributed by atoms with Gasteiger partial charge in [-0.3, -0.25) is 0 Å². The molecule has 0 N–H and O–H groups in total. The van der Waals surface area contributed by atoms with Crippen molar-refractivity contribution in [2.45, 2.75) is 33.1 Å². The third kappa shape index (κ3) is 2.39. The molecule has 0 unspecified atom stereocenters. The third-order valence-corrected chi connectivity index (χ3v) is 6.43. The largest absolute Gasteiger partial charge is 0.0683 e. The average Bonchev–Trinajstić information content (AvgIpc) is 2.78. The van der Waals surface area contributed by atoms with E-state index in [2.05, 4.69) is 98.8 Å². The van der Waals surface area contributed by atoms with Crippen molar-refractivity contribution >= 4 is 32.3 Å². The van der Waals surface area contributed by atoms with Crippen LogP contribution in [0.5, 0.6) is 0 Å². The van der Waals surface area contributed by atoms with Crippen LogP contribution in [0.1, 0.15) is 38.8 Å². The van der Waals surface area contributed by atoms with Crippen LogP contribution in [0.4, 0.5) is 0 Å². The number of hydrogen-bond acceptors (Lipinski definition) is 0. The van der Waals surface area contributed by atoms with Crippen molar-refractivity contribution in [2.24, 2.45) is 0 Å². The quantitative estimate of drug-likeness (QED) is 0.238. The highest BCUT2D eigenvalue weighted by molar-refractivity contribution is 6.19. The van der Waals surface area contributed by atoms with E-state index < -0.39 is 0 Å². The van der Waals surface area contributed by atoms with Gasteiger partial charge in [-0.15, -0.1) is 0 Å². The topological polar surface area (TPSA) is 0 Å². The Hall–Kier alpha value is -3.12. The van der Waals surface area contributed by atoms with Crippen LogP contribution < -0.4 is 0 Å². The molecule has 0 aromatic heterocycles. The second kappa shape index (κ2) is 6.46. The lowest BCUT2D eigenvalue weighted by Gasteiger charge is -2.36. The highest BCUT2D eigenvalue weighted by Crippen LogP contribution is 2.52. The summed E-state index contributed by atoms with van der Waals surface area (Å²) in [6.45, 7) is 8.74. The molecule has 0 amide bonds. The van der Waals surface area contributed by atoms with Crippen LogP contribution >= 0.6 is 0 Å². The first-order valence-corrected chi connectivity index (χ1v) is 10.6. The molecule has 142 valence electrons. The lowest BCUT2D eigenvalue weighted by molar-refractivity contribution is 0.646. The molecular formula is C29H26. The Balaban J connectivity index is 0.000000882. The van der Waals surface area contributed by atoms with E-state index in [0.29, 0.717) is 0 Å². The first-order chi connectivity index (χ1) is 14.2. The summed E-state index contributed by atoms with van der Waals surface area (Å²) in [5.41, 5.74) is 5.63. The van der Waals surface area contributed by atoms with Gasteiger partial charge in [0.2, 0.25) is 0 Å². The molecular weight excluding hydrogens is 348 g/mol. The molecule has 6 rings (SSSR count). The third-order valence-electron chi connectivity index (χ3n) is 6.43. The molecule has 0 fully saturated rings. The molecule has 0 aliphatic heterocycles. The maximum Gasteiger partial charge on any atom is 0.0159 e. The van der Waals surface area contributed by atoms with Gasteiger partial charge in [-0.05, 0) is 60.6 Å². The molecule has 29 heavy (non-hydrogen) atoms. The highest BCUT2D eigenvalue weighted by Gasteiger charge is 2.34. The zero-order valence-corrected chi connectivity index (χ0v) is 17.6. The summed E-state index contributed by atoms with van der Waals surface area (Å²) in [5, 5.41) is 8.12. The number of hydrogen-bond donors (Lipinski definition) is 0. The van der Waals surface area contributed by atoms with E-state index in [1.807, 2.05) is 13.8 Å². The highest BCUT2D eigenvalue weighted by atomic mass is 14.4. The van der Waals surface area contributed by atoms with Crippen molar-refractivity contribution in [3.63, 3.8) is 0 Å². The standard InChI is InChI=1S/C27H20.C2H6/c1-27(2)23-13-7-12-21-19-10-5-4-9-18(19)16-22(26(21)23)25-20-11-6-3-8-17(20)14-15-24(25)27;1-2/h3-16H,1-2H3;1-2H3. The molecule has 5 aromatic rings. The molecule has 0 saturated heterocycles. The van der Waals surface area contributed by atoms with Gasteiger partial charge >= 0.3 is 0 Å². The molecule has 0 atom stereocenters. The monoisotopic (exact) mass is 374 g/mol. The van der Waals surface area contributed by atoms with Crippen LogP contribution in [-0.2, 0) is 5.41 Å². The smallest absolute Gasteiger partial charge is 0.0159 e. The van der Waals surface area contributed by atoms with Gasteiger partial charge in [-0.2, -0.15) is 0 Å². The van der Waals surface area contributed by atoms with Crippen molar-refractivity contribution in [1.29, 1.82) is 0 Å². The van der Waals surface area contributed by atoms with E-state index in [0.717, 1.165) is 0 Å². The normalized spacial score (nSPS) is 13.8. The van der Waals surface area contributed by atoms with E-state index in [9.17, 15) is 0 Å². The Morgan fingerprint density at radius 1 is 0.552 bits per heavy atom. The Labute approximate surface area is 172 Å². The zero-order chi connectivity index (χ0) is 20.2. The number of fused-ring (bicyclic) bond motifs is 6. The number of benzene rings is 5. The van der Waals surface area contributed by atoms with Gasteiger partial charge in [0.1, 0.15) is 0 Å². The molecule has 0 spiro atoms. The second-order valence-electron chi connectivity index (χ2n) is 8.21. The van der Waals surface area contributed by atoms with E-state index in [4.69, 9.17) is 0 Å². The first kappa shape index (κ1) is 17.9. The van der Waals surface area contributed by atoms with Gasteiger partial charge in [0, 0.05) is 5.41 Å². The van der Waals surface area contributed by atoms with E-state index in [1.54, 1.807) is 0 Å². The van der Waals surface area contributed by atoms with Crippen molar-refractivity contribution in [3.05, 3.63) is 96.1 Å². The molecule has 1 aliphatic rings. The summed E-state index contributed by atoms with van der Waals surface area (Å²) in [7, 11) is 0. The Bertz CT molecular complexity index is 1390. The van der Waals surface area contributed by atoms with Crippen LogP contribution in [0.3, 0.4) is 0 Å². The Kier molecular flexibility index (Phi) is 3.99. The molecule has 1 aliphatic carbocycles.